The first-order valence-electron chi connectivity index (χ1n) is 5.18. The molecule has 1 aromatic rings. The predicted molar refractivity (Wildman–Crippen MR) is 63.9 cm³/mol. The highest BCUT2D eigenvalue weighted by molar-refractivity contribution is 6.17. The van der Waals surface area contributed by atoms with E-state index in [1.165, 1.54) is 5.56 Å². The van der Waals surface area contributed by atoms with Gasteiger partial charge in [-0.05, 0) is 31.2 Å². The quantitative estimate of drug-likeness (QED) is 0.374. The number of rotatable bonds is 6. The second-order valence-corrected chi connectivity index (χ2v) is 3.70. The van der Waals surface area contributed by atoms with Crippen molar-refractivity contribution in [3.63, 3.8) is 0 Å². The van der Waals surface area contributed by atoms with Gasteiger partial charge < -0.3 is 0 Å². The Morgan fingerprint density at radius 3 is 2.43 bits per heavy atom. The Labute approximate surface area is 91.6 Å². The molecule has 76 valence electrons. The van der Waals surface area contributed by atoms with E-state index in [1.54, 1.807) is 0 Å². The Kier molecular flexibility index (Phi) is 6.18. The summed E-state index contributed by atoms with van der Waals surface area (Å²) in [7, 11) is 0. The summed E-state index contributed by atoms with van der Waals surface area (Å²) in [4.78, 5) is 0. The summed E-state index contributed by atoms with van der Waals surface area (Å²) in [6.45, 7) is 0. The summed E-state index contributed by atoms with van der Waals surface area (Å²) in [5, 5.41) is 0. The third-order valence-corrected chi connectivity index (χ3v) is 2.38. The molecule has 0 unspecified atom stereocenters. The lowest BCUT2D eigenvalue weighted by Gasteiger charge is -1.96. The van der Waals surface area contributed by atoms with E-state index in [4.69, 9.17) is 11.6 Å². The molecule has 0 N–H and O–H groups in total. The molecule has 0 saturated carbocycles. The van der Waals surface area contributed by atoms with Crippen LogP contribution in [0.15, 0.2) is 42.5 Å². The number of aryl methyl sites for hydroxylation is 1. The van der Waals surface area contributed by atoms with Gasteiger partial charge in [-0.3, -0.25) is 0 Å². The third-order valence-electron chi connectivity index (χ3n) is 2.11. The van der Waals surface area contributed by atoms with Crippen LogP contribution in [0.2, 0.25) is 0 Å². The molecule has 1 heteroatoms. The average molecular weight is 209 g/mol. The van der Waals surface area contributed by atoms with Crippen LogP contribution in [0.1, 0.15) is 24.8 Å². The monoisotopic (exact) mass is 208 g/mol. The third kappa shape index (κ3) is 5.08. The Morgan fingerprint density at radius 2 is 1.71 bits per heavy atom. The number of hydrogen-bond acceptors (Lipinski definition) is 0. The maximum absolute atomic E-state index is 5.58. The fourth-order valence-corrected chi connectivity index (χ4v) is 1.48. The summed E-state index contributed by atoms with van der Waals surface area (Å²) >= 11 is 5.58. The lowest BCUT2D eigenvalue weighted by Crippen LogP contribution is -1.81. The molecule has 0 bridgehead atoms. The Morgan fingerprint density at radius 1 is 1.00 bits per heavy atom. The van der Waals surface area contributed by atoms with Crippen molar-refractivity contribution in [2.45, 2.75) is 25.7 Å². The molecule has 14 heavy (non-hydrogen) atoms. The highest BCUT2D eigenvalue weighted by atomic mass is 35.5. The van der Waals surface area contributed by atoms with Gasteiger partial charge in [-0.1, -0.05) is 42.5 Å². The molecule has 0 spiro atoms. The first-order valence-corrected chi connectivity index (χ1v) is 5.72. The molecule has 0 radical (unpaired) electrons. The van der Waals surface area contributed by atoms with Crippen molar-refractivity contribution in [1.82, 2.24) is 0 Å². The summed E-state index contributed by atoms with van der Waals surface area (Å²) < 4.78 is 0. The van der Waals surface area contributed by atoms with Crippen molar-refractivity contribution in [2.75, 3.05) is 5.88 Å². The minimum atomic E-state index is 0.767. The molecule has 0 aromatic heterocycles. The van der Waals surface area contributed by atoms with Gasteiger partial charge in [-0.15, -0.1) is 11.6 Å². The van der Waals surface area contributed by atoms with E-state index in [9.17, 15) is 0 Å². The molecule has 0 saturated heterocycles. The van der Waals surface area contributed by atoms with Crippen LogP contribution in [0, 0.1) is 0 Å². The second kappa shape index (κ2) is 7.64. The minimum Gasteiger partial charge on any atom is -0.127 e. The van der Waals surface area contributed by atoms with Gasteiger partial charge >= 0.3 is 0 Å². The van der Waals surface area contributed by atoms with Gasteiger partial charge in [0.15, 0.2) is 0 Å². The summed E-state index contributed by atoms with van der Waals surface area (Å²) in [5.41, 5.74) is 1.41. The standard InChI is InChI=1S/C13H17Cl/c14-12-8-3-1-2-5-9-13-10-6-4-7-11-13/h1-2,4,6-7,10-11H,3,5,8-9,12H2/b2-1-. The van der Waals surface area contributed by atoms with Crippen molar-refractivity contribution in [3.8, 4) is 0 Å². The number of alkyl halides is 1. The molecule has 1 aromatic carbocycles. The molecular weight excluding hydrogens is 192 g/mol. The van der Waals surface area contributed by atoms with Gasteiger partial charge in [0.05, 0.1) is 0 Å². The molecule has 0 nitrogen and oxygen atoms in total. The van der Waals surface area contributed by atoms with E-state index in [1.807, 2.05) is 0 Å². The van der Waals surface area contributed by atoms with E-state index in [-0.39, 0.29) is 0 Å². The molecule has 0 heterocycles. The zero-order valence-electron chi connectivity index (χ0n) is 8.45. The molecule has 0 atom stereocenters. The molecule has 0 aliphatic carbocycles. The van der Waals surface area contributed by atoms with E-state index in [2.05, 4.69) is 42.5 Å². The van der Waals surface area contributed by atoms with Gasteiger partial charge in [0.25, 0.3) is 0 Å². The summed E-state index contributed by atoms with van der Waals surface area (Å²) in [6.07, 6.45) is 8.94. The normalized spacial score (nSPS) is 10.9. The second-order valence-electron chi connectivity index (χ2n) is 3.33. The minimum absolute atomic E-state index is 0.767. The largest absolute Gasteiger partial charge is 0.127 e. The van der Waals surface area contributed by atoms with Crippen LogP contribution in [-0.2, 0) is 6.42 Å². The first-order chi connectivity index (χ1) is 6.93. The maximum atomic E-state index is 5.58. The Balaban J connectivity index is 2.12. The summed E-state index contributed by atoms with van der Waals surface area (Å²) in [5.74, 6) is 0.767. The van der Waals surface area contributed by atoms with Gasteiger partial charge in [0.2, 0.25) is 0 Å². The first kappa shape index (κ1) is 11.3. The van der Waals surface area contributed by atoms with Crippen molar-refractivity contribution < 1.29 is 0 Å². The van der Waals surface area contributed by atoms with Crippen LogP contribution in [0.25, 0.3) is 0 Å². The fourth-order valence-electron chi connectivity index (χ4n) is 1.33. The van der Waals surface area contributed by atoms with Crippen molar-refractivity contribution >= 4 is 11.6 Å². The SMILES string of the molecule is ClCCC/C=C\CCc1ccccc1. The van der Waals surface area contributed by atoms with Gasteiger partial charge in [0.1, 0.15) is 0 Å². The number of allylic oxidation sites excluding steroid dienone is 2. The van der Waals surface area contributed by atoms with Gasteiger partial charge in [-0.25, -0.2) is 0 Å². The van der Waals surface area contributed by atoms with Crippen LogP contribution in [0.5, 0.6) is 0 Å². The Bertz CT molecular complexity index is 251. The predicted octanol–water partition coefficient (Wildman–Crippen LogP) is 4.19. The molecular formula is C13H17Cl. The lowest BCUT2D eigenvalue weighted by atomic mass is 10.1. The maximum Gasteiger partial charge on any atom is 0.0226 e. The smallest absolute Gasteiger partial charge is 0.0226 e. The van der Waals surface area contributed by atoms with E-state index in [0.717, 1.165) is 31.6 Å². The molecule has 1 rings (SSSR count). The van der Waals surface area contributed by atoms with Crippen LogP contribution in [-0.4, -0.2) is 5.88 Å². The highest BCUT2D eigenvalue weighted by Crippen LogP contribution is 2.03. The topological polar surface area (TPSA) is 0 Å². The van der Waals surface area contributed by atoms with E-state index in [0.29, 0.717) is 0 Å². The number of hydrogen-bond donors (Lipinski definition) is 0. The number of unbranched alkanes of at least 4 members (excludes halogenated alkanes) is 1. The highest BCUT2D eigenvalue weighted by Gasteiger charge is 1.87. The number of halogens is 1. The van der Waals surface area contributed by atoms with Crippen LogP contribution in [0.4, 0.5) is 0 Å². The fraction of sp³-hybridized carbons (Fsp3) is 0.385. The molecule has 0 amide bonds. The van der Waals surface area contributed by atoms with Crippen LogP contribution in [0.3, 0.4) is 0 Å². The van der Waals surface area contributed by atoms with Crippen LogP contribution < -0.4 is 0 Å². The van der Waals surface area contributed by atoms with E-state index >= 15 is 0 Å². The number of benzene rings is 1. The molecule has 0 aliphatic heterocycles. The molecule has 0 aliphatic rings. The van der Waals surface area contributed by atoms with Crippen molar-refractivity contribution in [3.05, 3.63) is 48.0 Å². The zero-order chi connectivity index (χ0) is 10.1. The van der Waals surface area contributed by atoms with Crippen molar-refractivity contribution in [2.24, 2.45) is 0 Å². The Hall–Kier alpha value is -0.750. The zero-order valence-corrected chi connectivity index (χ0v) is 9.21. The van der Waals surface area contributed by atoms with Gasteiger partial charge in [-0.2, -0.15) is 0 Å². The summed E-state index contributed by atoms with van der Waals surface area (Å²) in [6, 6.07) is 10.6. The van der Waals surface area contributed by atoms with Crippen molar-refractivity contribution in [1.29, 1.82) is 0 Å². The molecule has 0 fully saturated rings. The average Bonchev–Trinajstić information content (AvgIpc) is 2.25. The van der Waals surface area contributed by atoms with Crippen LogP contribution >= 0.6 is 11.6 Å². The van der Waals surface area contributed by atoms with Gasteiger partial charge in [0, 0.05) is 5.88 Å². The lowest BCUT2D eigenvalue weighted by molar-refractivity contribution is 0.941. The van der Waals surface area contributed by atoms with E-state index < -0.39 is 0 Å².